The van der Waals surface area contributed by atoms with Gasteiger partial charge in [-0.3, -0.25) is 0 Å². The topological polar surface area (TPSA) is 55.5 Å². The maximum atomic E-state index is 9.48. The Morgan fingerprint density at radius 1 is 1.04 bits per heavy atom. The highest BCUT2D eigenvalue weighted by molar-refractivity contribution is 5.51. The van der Waals surface area contributed by atoms with Gasteiger partial charge in [0.2, 0.25) is 0 Å². The molecule has 1 rings (SSSR count). The number of nitrogens with two attached hydrogens (primary N) is 1. The first-order valence-electron chi connectivity index (χ1n) is 8.66. The van der Waals surface area contributed by atoms with Crippen molar-refractivity contribution in [2.75, 3.05) is 19.8 Å². The summed E-state index contributed by atoms with van der Waals surface area (Å²) in [4.78, 5) is 0. The summed E-state index contributed by atoms with van der Waals surface area (Å²) in [6.45, 7) is 16.6. The number of aliphatic hydroxyl groups is 1. The number of ether oxygens (including phenoxy) is 1. The molecule has 3 nitrogen and oxygen atoms in total. The molecule has 0 heterocycles. The van der Waals surface area contributed by atoms with Gasteiger partial charge in [0.05, 0.1) is 6.61 Å². The van der Waals surface area contributed by atoms with Crippen molar-refractivity contribution < 1.29 is 9.84 Å². The van der Waals surface area contributed by atoms with Crippen LogP contribution in [0.25, 0.3) is 0 Å². The summed E-state index contributed by atoms with van der Waals surface area (Å²) in [5.74, 6) is 1.12. The van der Waals surface area contributed by atoms with Gasteiger partial charge in [-0.2, -0.15) is 0 Å². The van der Waals surface area contributed by atoms with Gasteiger partial charge in [0.25, 0.3) is 0 Å². The second kappa shape index (κ2) is 7.67. The predicted molar refractivity (Wildman–Crippen MR) is 98.3 cm³/mol. The Bertz CT molecular complexity index is 470. The number of hydrogen-bond acceptors (Lipinski definition) is 3. The van der Waals surface area contributed by atoms with Crippen LogP contribution in [0.15, 0.2) is 12.1 Å². The van der Waals surface area contributed by atoms with Crippen LogP contribution in [0.5, 0.6) is 5.75 Å². The summed E-state index contributed by atoms with van der Waals surface area (Å²) in [6.07, 6.45) is 0.797. The Morgan fingerprint density at radius 3 is 1.83 bits per heavy atom. The molecule has 1 atom stereocenters. The van der Waals surface area contributed by atoms with Crippen LogP contribution in [0, 0.1) is 5.92 Å². The van der Waals surface area contributed by atoms with E-state index in [1.165, 1.54) is 16.7 Å². The fourth-order valence-corrected chi connectivity index (χ4v) is 2.78. The van der Waals surface area contributed by atoms with Crippen LogP contribution in [0.3, 0.4) is 0 Å². The lowest BCUT2D eigenvalue weighted by Crippen LogP contribution is -2.23. The first-order chi connectivity index (χ1) is 10.5. The molecule has 3 heteroatoms. The van der Waals surface area contributed by atoms with E-state index in [0.29, 0.717) is 13.2 Å². The van der Waals surface area contributed by atoms with Gasteiger partial charge < -0.3 is 15.6 Å². The Hall–Kier alpha value is -1.06. The van der Waals surface area contributed by atoms with E-state index in [1.54, 1.807) is 0 Å². The van der Waals surface area contributed by atoms with Gasteiger partial charge in [-0.25, -0.2) is 0 Å². The minimum absolute atomic E-state index is 0.00204. The molecule has 23 heavy (non-hydrogen) atoms. The van der Waals surface area contributed by atoms with Crippen molar-refractivity contribution in [3.8, 4) is 5.75 Å². The van der Waals surface area contributed by atoms with Gasteiger partial charge in [-0.15, -0.1) is 0 Å². The van der Waals surface area contributed by atoms with Crippen molar-refractivity contribution in [2.45, 2.75) is 65.7 Å². The van der Waals surface area contributed by atoms with Gasteiger partial charge in [-0.1, -0.05) is 53.7 Å². The molecule has 0 aliphatic rings. The number of rotatable bonds is 6. The second-order valence-corrected chi connectivity index (χ2v) is 8.44. The average Bonchev–Trinajstić information content (AvgIpc) is 2.43. The zero-order valence-corrected chi connectivity index (χ0v) is 16.0. The third kappa shape index (κ3) is 5.22. The molecule has 0 spiro atoms. The molecule has 0 amide bonds. The quantitative estimate of drug-likeness (QED) is 0.838. The SMILES string of the molecule is CCOc1c(C(C)(C)C)cc(CC(CN)CO)cc1C(C)(C)C. The molecule has 132 valence electrons. The largest absolute Gasteiger partial charge is 0.493 e. The molecule has 0 bridgehead atoms. The van der Waals surface area contributed by atoms with E-state index in [0.717, 1.165) is 12.2 Å². The van der Waals surface area contributed by atoms with Gasteiger partial charge in [0.1, 0.15) is 5.75 Å². The van der Waals surface area contributed by atoms with Crippen LogP contribution < -0.4 is 10.5 Å². The minimum atomic E-state index is -0.00204. The van der Waals surface area contributed by atoms with Crippen LogP contribution in [0.2, 0.25) is 0 Å². The standard InChI is InChI=1S/C20H35NO2/c1-8-23-18-16(19(2,3)4)10-14(9-15(12-21)13-22)11-17(18)20(5,6)7/h10-11,15,22H,8-9,12-13,21H2,1-7H3. The van der Waals surface area contributed by atoms with Crippen molar-refractivity contribution in [3.05, 3.63) is 28.8 Å². The smallest absolute Gasteiger partial charge is 0.126 e. The van der Waals surface area contributed by atoms with Crippen molar-refractivity contribution in [2.24, 2.45) is 11.7 Å². The van der Waals surface area contributed by atoms with Gasteiger partial charge in [0.15, 0.2) is 0 Å². The van der Waals surface area contributed by atoms with Gasteiger partial charge in [0, 0.05) is 17.7 Å². The van der Waals surface area contributed by atoms with Crippen LogP contribution in [-0.4, -0.2) is 24.9 Å². The molecule has 0 saturated carbocycles. The highest BCUT2D eigenvalue weighted by Crippen LogP contribution is 2.41. The van der Waals surface area contributed by atoms with Crippen molar-refractivity contribution in [3.63, 3.8) is 0 Å². The fraction of sp³-hybridized carbons (Fsp3) is 0.700. The Balaban J connectivity index is 3.52. The normalized spacial score (nSPS) is 14.0. The average molecular weight is 322 g/mol. The van der Waals surface area contributed by atoms with E-state index in [9.17, 15) is 5.11 Å². The molecule has 0 aliphatic carbocycles. The van der Waals surface area contributed by atoms with Crippen molar-refractivity contribution >= 4 is 0 Å². The third-order valence-electron chi connectivity index (χ3n) is 4.17. The van der Waals surface area contributed by atoms with Gasteiger partial charge >= 0.3 is 0 Å². The molecule has 0 fully saturated rings. The Kier molecular flexibility index (Phi) is 6.67. The monoisotopic (exact) mass is 321 g/mol. The summed E-state index contributed by atoms with van der Waals surface area (Å²) in [7, 11) is 0. The van der Waals surface area contributed by atoms with E-state index in [1.807, 2.05) is 6.92 Å². The fourth-order valence-electron chi connectivity index (χ4n) is 2.78. The van der Waals surface area contributed by atoms with E-state index < -0.39 is 0 Å². The van der Waals surface area contributed by atoms with E-state index >= 15 is 0 Å². The number of aliphatic hydroxyl groups excluding tert-OH is 1. The molecule has 1 aromatic carbocycles. The Labute approximate surface area is 142 Å². The maximum Gasteiger partial charge on any atom is 0.126 e. The second-order valence-electron chi connectivity index (χ2n) is 8.44. The lowest BCUT2D eigenvalue weighted by molar-refractivity contribution is 0.229. The summed E-state index contributed by atoms with van der Waals surface area (Å²) in [6, 6.07) is 4.47. The third-order valence-corrected chi connectivity index (χ3v) is 4.17. The first-order valence-corrected chi connectivity index (χ1v) is 8.66. The van der Waals surface area contributed by atoms with E-state index in [4.69, 9.17) is 10.5 Å². The predicted octanol–water partition coefficient (Wildman–Crippen LogP) is 3.79. The van der Waals surface area contributed by atoms with Crippen LogP contribution in [-0.2, 0) is 17.3 Å². The van der Waals surface area contributed by atoms with Crippen molar-refractivity contribution in [1.82, 2.24) is 0 Å². The van der Waals surface area contributed by atoms with E-state index in [2.05, 4.69) is 53.7 Å². The summed E-state index contributed by atoms with van der Waals surface area (Å²) in [5, 5.41) is 9.48. The number of benzene rings is 1. The summed E-state index contributed by atoms with van der Waals surface area (Å²) in [5.41, 5.74) is 9.46. The minimum Gasteiger partial charge on any atom is -0.493 e. The number of hydrogen-bond donors (Lipinski definition) is 2. The van der Waals surface area contributed by atoms with E-state index in [-0.39, 0.29) is 23.4 Å². The molecule has 0 aromatic heterocycles. The van der Waals surface area contributed by atoms with Gasteiger partial charge in [-0.05, 0) is 42.2 Å². The molecular weight excluding hydrogens is 286 g/mol. The molecule has 1 aromatic rings. The maximum absolute atomic E-state index is 9.48. The lowest BCUT2D eigenvalue weighted by Gasteiger charge is -2.31. The summed E-state index contributed by atoms with van der Waals surface area (Å²) < 4.78 is 6.06. The zero-order chi connectivity index (χ0) is 17.8. The lowest BCUT2D eigenvalue weighted by atomic mass is 9.77. The Morgan fingerprint density at radius 2 is 1.52 bits per heavy atom. The zero-order valence-electron chi connectivity index (χ0n) is 16.0. The van der Waals surface area contributed by atoms with Crippen LogP contribution in [0.4, 0.5) is 0 Å². The molecule has 0 saturated heterocycles. The highest BCUT2D eigenvalue weighted by Gasteiger charge is 2.28. The first kappa shape index (κ1) is 20.0. The van der Waals surface area contributed by atoms with Crippen LogP contribution >= 0.6 is 0 Å². The summed E-state index contributed by atoms with van der Waals surface area (Å²) >= 11 is 0. The molecule has 0 radical (unpaired) electrons. The molecule has 1 unspecified atom stereocenters. The molecular formula is C20H35NO2. The highest BCUT2D eigenvalue weighted by atomic mass is 16.5. The molecule has 0 aliphatic heterocycles. The molecule has 3 N–H and O–H groups in total. The van der Waals surface area contributed by atoms with Crippen molar-refractivity contribution in [1.29, 1.82) is 0 Å². The van der Waals surface area contributed by atoms with Crippen LogP contribution in [0.1, 0.15) is 65.2 Å².